The Balaban J connectivity index is 2.15. The number of nitro groups is 1. The molecule has 19 heavy (non-hydrogen) atoms. The van der Waals surface area contributed by atoms with Crippen LogP contribution in [-0.2, 0) is 6.54 Å². The smallest absolute Gasteiger partial charge is 0.304 e. The molecule has 0 saturated carbocycles. The number of halogens is 1. The van der Waals surface area contributed by atoms with Gasteiger partial charge in [0.2, 0.25) is 5.82 Å². The lowest BCUT2D eigenvalue weighted by molar-refractivity contribution is -0.387. The highest BCUT2D eigenvalue weighted by molar-refractivity contribution is 5.36. The van der Waals surface area contributed by atoms with Crippen LogP contribution >= 0.6 is 0 Å². The van der Waals surface area contributed by atoms with Crippen molar-refractivity contribution < 1.29 is 9.31 Å². The molecule has 0 aromatic heterocycles. The summed E-state index contributed by atoms with van der Waals surface area (Å²) in [5.74, 6) is -0.710. The van der Waals surface area contributed by atoms with Crippen molar-refractivity contribution in [2.45, 2.75) is 19.5 Å². The fraction of sp³-hybridized carbons (Fsp3) is 0.538. The summed E-state index contributed by atoms with van der Waals surface area (Å²) in [5, 5.41) is 10.7. The van der Waals surface area contributed by atoms with Gasteiger partial charge in [-0.2, -0.15) is 4.39 Å². The number of rotatable bonds is 3. The maximum Gasteiger partial charge on any atom is 0.305 e. The Morgan fingerprint density at radius 1 is 1.47 bits per heavy atom. The predicted octanol–water partition coefficient (Wildman–Crippen LogP) is 1.87. The molecular weight excluding hydrogens is 249 g/mol. The van der Waals surface area contributed by atoms with Gasteiger partial charge in [0.1, 0.15) is 0 Å². The summed E-state index contributed by atoms with van der Waals surface area (Å²) in [7, 11) is 2.06. The van der Waals surface area contributed by atoms with Crippen LogP contribution in [0, 0.1) is 15.9 Å². The molecule has 6 heteroatoms. The summed E-state index contributed by atoms with van der Waals surface area (Å²) < 4.78 is 14.0. The molecule has 0 radical (unpaired) electrons. The van der Waals surface area contributed by atoms with Gasteiger partial charge in [0.25, 0.3) is 0 Å². The Hall–Kier alpha value is -1.53. The molecular formula is C13H18FN3O2. The van der Waals surface area contributed by atoms with Crippen molar-refractivity contribution >= 4 is 5.69 Å². The Morgan fingerprint density at radius 3 is 2.84 bits per heavy atom. The number of nitrogens with zero attached hydrogens (tertiary/aromatic N) is 3. The van der Waals surface area contributed by atoms with Crippen molar-refractivity contribution in [1.29, 1.82) is 0 Å². The molecule has 1 aliphatic rings. The van der Waals surface area contributed by atoms with Crippen molar-refractivity contribution in [2.24, 2.45) is 0 Å². The van der Waals surface area contributed by atoms with Crippen LogP contribution in [0.25, 0.3) is 0 Å². The van der Waals surface area contributed by atoms with Crippen LogP contribution in [0.2, 0.25) is 0 Å². The summed E-state index contributed by atoms with van der Waals surface area (Å²) >= 11 is 0. The third-order valence-corrected chi connectivity index (χ3v) is 3.60. The number of hydrogen-bond donors (Lipinski definition) is 0. The highest BCUT2D eigenvalue weighted by Crippen LogP contribution is 2.22. The van der Waals surface area contributed by atoms with E-state index < -0.39 is 16.4 Å². The molecule has 104 valence electrons. The predicted molar refractivity (Wildman–Crippen MR) is 70.4 cm³/mol. The molecule has 0 bridgehead atoms. The third kappa shape index (κ3) is 3.08. The molecule has 2 rings (SSSR count). The second-order valence-electron chi connectivity index (χ2n) is 5.09. The molecule has 1 aromatic rings. The average Bonchev–Trinajstić information content (AvgIpc) is 2.34. The Morgan fingerprint density at radius 2 is 2.21 bits per heavy atom. The van der Waals surface area contributed by atoms with Gasteiger partial charge in [-0.3, -0.25) is 15.0 Å². The van der Waals surface area contributed by atoms with E-state index in [1.165, 1.54) is 12.1 Å². The van der Waals surface area contributed by atoms with Crippen molar-refractivity contribution in [3.05, 3.63) is 39.7 Å². The van der Waals surface area contributed by atoms with Crippen LogP contribution in [0.15, 0.2) is 18.2 Å². The summed E-state index contributed by atoms with van der Waals surface area (Å²) in [6.07, 6.45) is 0. The summed E-state index contributed by atoms with van der Waals surface area (Å²) in [6, 6.07) is 4.68. The van der Waals surface area contributed by atoms with E-state index in [2.05, 4.69) is 23.8 Å². The van der Waals surface area contributed by atoms with Crippen LogP contribution in [0.3, 0.4) is 0 Å². The first kappa shape index (κ1) is 13.9. The molecule has 1 saturated heterocycles. The SMILES string of the molecule is CC1CN(C)CCN1Cc1cccc([N+](=O)[O-])c1F. The normalized spacial score (nSPS) is 21.5. The Labute approximate surface area is 111 Å². The second kappa shape index (κ2) is 5.63. The monoisotopic (exact) mass is 267 g/mol. The summed E-state index contributed by atoms with van der Waals surface area (Å²) in [5.41, 5.74) is -0.0510. The van der Waals surface area contributed by atoms with Gasteiger partial charge in [0.15, 0.2) is 0 Å². The number of nitro benzene ring substituents is 1. The Bertz CT molecular complexity index is 481. The fourth-order valence-electron chi connectivity index (χ4n) is 2.46. The second-order valence-corrected chi connectivity index (χ2v) is 5.09. The zero-order valence-electron chi connectivity index (χ0n) is 11.2. The van der Waals surface area contributed by atoms with Gasteiger partial charge >= 0.3 is 5.69 Å². The molecule has 5 nitrogen and oxygen atoms in total. The minimum absolute atomic E-state index is 0.317. The topological polar surface area (TPSA) is 49.6 Å². The molecule has 1 aliphatic heterocycles. The molecule has 1 fully saturated rings. The van der Waals surface area contributed by atoms with Crippen LogP contribution in [-0.4, -0.2) is 47.4 Å². The molecule has 0 N–H and O–H groups in total. The van der Waals surface area contributed by atoms with Gasteiger partial charge in [0, 0.05) is 43.9 Å². The maximum absolute atomic E-state index is 14.0. The first-order valence-corrected chi connectivity index (χ1v) is 6.33. The third-order valence-electron chi connectivity index (χ3n) is 3.60. The minimum Gasteiger partial charge on any atom is -0.304 e. The quantitative estimate of drug-likeness (QED) is 0.619. The zero-order valence-corrected chi connectivity index (χ0v) is 11.2. The van der Waals surface area contributed by atoms with E-state index in [0.29, 0.717) is 18.2 Å². The molecule has 1 atom stereocenters. The number of benzene rings is 1. The molecule has 0 aliphatic carbocycles. The molecule has 0 spiro atoms. The van der Waals surface area contributed by atoms with E-state index in [9.17, 15) is 14.5 Å². The lowest BCUT2D eigenvalue weighted by atomic mass is 10.1. The highest BCUT2D eigenvalue weighted by atomic mass is 19.1. The van der Waals surface area contributed by atoms with Crippen LogP contribution < -0.4 is 0 Å². The van der Waals surface area contributed by atoms with E-state index in [1.54, 1.807) is 6.07 Å². The van der Waals surface area contributed by atoms with E-state index in [1.807, 2.05) is 0 Å². The standard InChI is InChI=1S/C13H18FN3O2/c1-10-8-15(2)6-7-16(10)9-11-4-3-5-12(13(11)14)17(18)19/h3-5,10H,6-9H2,1-2H3. The highest BCUT2D eigenvalue weighted by Gasteiger charge is 2.24. The van der Waals surface area contributed by atoms with Crippen molar-refractivity contribution in [1.82, 2.24) is 9.80 Å². The first-order valence-electron chi connectivity index (χ1n) is 6.33. The largest absolute Gasteiger partial charge is 0.305 e. The number of hydrogen-bond acceptors (Lipinski definition) is 4. The maximum atomic E-state index is 14.0. The average molecular weight is 267 g/mol. The lowest BCUT2D eigenvalue weighted by Gasteiger charge is -2.38. The first-order chi connectivity index (χ1) is 8.99. The lowest BCUT2D eigenvalue weighted by Crippen LogP contribution is -2.49. The van der Waals surface area contributed by atoms with Crippen LogP contribution in [0.4, 0.5) is 10.1 Å². The van der Waals surface area contributed by atoms with E-state index in [-0.39, 0.29) is 0 Å². The summed E-state index contributed by atoms with van der Waals surface area (Å²) in [6.45, 7) is 5.21. The van der Waals surface area contributed by atoms with Gasteiger partial charge in [-0.15, -0.1) is 0 Å². The van der Waals surface area contributed by atoms with E-state index in [0.717, 1.165) is 19.6 Å². The van der Waals surface area contributed by atoms with Gasteiger partial charge in [-0.25, -0.2) is 0 Å². The van der Waals surface area contributed by atoms with E-state index >= 15 is 0 Å². The number of piperazine rings is 1. The molecule has 1 unspecified atom stereocenters. The van der Waals surface area contributed by atoms with Crippen molar-refractivity contribution in [3.8, 4) is 0 Å². The molecule has 1 aromatic carbocycles. The minimum atomic E-state index is -0.710. The van der Waals surface area contributed by atoms with Crippen molar-refractivity contribution in [3.63, 3.8) is 0 Å². The van der Waals surface area contributed by atoms with Gasteiger partial charge in [-0.05, 0) is 14.0 Å². The Kier molecular flexibility index (Phi) is 4.11. The number of likely N-dealkylation sites (N-methyl/N-ethyl adjacent to an activating group) is 1. The van der Waals surface area contributed by atoms with E-state index in [4.69, 9.17) is 0 Å². The van der Waals surface area contributed by atoms with Crippen LogP contribution in [0.1, 0.15) is 12.5 Å². The van der Waals surface area contributed by atoms with Crippen molar-refractivity contribution in [2.75, 3.05) is 26.7 Å². The fourth-order valence-corrected chi connectivity index (χ4v) is 2.46. The van der Waals surface area contributed by atoms with Gasteiger partial charge < -0.3 is 4.90 Å². The van der Waals surface area contributed by atoms with Gasteiger partial charge in [-0.1, -0.05) is 12.1 Å². The molecule has 1 heterocycles. The zero-order chi connectivity index (χ0) is 14.0. The molecule has 0 amide bonds. The van der Waals surface area contributed by atoms with Crippen LogP contribution in [0.5, 0.6) is 0 Å². The summed E-state index contributed by atoms with van der Waals surface area (Å²) in [4.78, 5) is 14.4. The van der Waals surface area contributed by atoms with Gasteiger partial charge in [0.05, 0.1) is 4.92 Å².